The highest BCUT2D eigenvalue weighted by atomic mass is 16.5. The molecule has 2 heterocycles. The van der Waals surface area contributed by atoms with Gasteiger partial charge in [-0.15, -0.1) is 0 Å². The van der Waals surface area contributed by atoms with Crippen LogP contribution in [0, 0.1) is 22.7 Å². The molecular formula is C14H17N3O5. The Morgan fingerprint density at radius 3 is 2.68 bits per heavy atom. The molecule has 0 saturated carbocycles. The molecular weight excluding hydrogens is 290 g/mol. The van der Waals surface area contributed by atoms with Gasteiger partial charge in [-0.1, -0.05) is 0 Å². The second kappa shape index (κ2) is 5.33. The van der Waals surface area contributed by atoms with Crippen LogP contribution in [-0.2, 0) is 19.1 Å². The van der Waals surface area contributed by atoms with Gasteiger partial charge in [-0.25, -0.2) is 4.79 Å². The summed E-state index contributed by atoms with van der Waals surface area (Å²) in [7, 11) is 2.80. The van der Waals surface area contributed by atoms with E-state index in [-0.39, 0.29) is 12.4 Å². The van der Waals surface area contributed by atoms with E-state index in [0.29, 0.717) is 0 Å². The number of nitriles is 1. The Bertz CT molecular complexity index is 608. The van der Waals surface area contributed by atoms with Crippen LogP contribution in [0.4, 0.5) is 4.79 Å². The van der Waals surface area contributed by atoms with Gasteiger partial charge in [-0.05, 0) is 19.9 Å². The standard InChI is InChI=1S/C14H17N3O5/c1-5-21-10(18)9-6-8(7-15)22-12-14(9,2)11(19)16(3)13(20)17(12)4/h6,9,12H,5H2,1-4H3/t9-,12-,14-/m0/s1. The molecule has 2 aliphatic heterocycles. The normalized spacial score (nSPS) is 31.0. The zero-order valence-electron chi connectivity index (χ0n) is 12.8. The quantitative estimate of drug-likeness (QED) is 0.687. The van der Waals surface area contributed by atoms with Gasteiger partial charge in [0, 0.05) is 14.1 Å². The third kappa shape index (κ3) is 2.01. The molecule has 3 atom stereocenters. The van der Waals surface area contributed by atoms with E-state index < -0.39 is 35.5 Å². The van der Waals surface area contributed by atoms with Crippen LogP contribution < -0.4 is 0 Å². The Hall–Kier alpha value is -2.56. The van der Waals surface area contributed by atoms with Crippen LogP contribution in [0.2, 0.25) is 0 Å². The van der Waals surface area contributed by atoms with Crippen molar-refractivity contribution >= 4 is 17.9 Å². The number of rotatable bonds is 2. The van der Waals surface area contributed by atoms with E-state index in [1.54, 1.807) is 6.92 Å². The summed E-state index contributed by atoms with van der Waals surface area (Å²) in [5.41, 5.74) is -1.36. The minimum Gasteiger partial charge on any atom is -0.466 e. The molecule has 1 fully saturated rings. The van der Waals surface area contributed by atoms with Gasteiger partial charge in [-0.2, -0.15) is 5.26 Å². The Kier molecular flexibility index (Phi) is 3.83. The van der Waals surface area contributed by atoms with Gasteiger partial charge < -0.3 is 9.47 Å². The predicted molar refractivity (Wildman–Crippen MR) is 72.7 cm³/mol. The molecule has 0 spiro atoms. The number of allylic oxidation sites excluding steroid dienone is 1. The van der Waals surface area contributed by atoms with E-state index in [9.17, 15) is 14.4 Å². The third-order valence-electron chi connectivity index (χ3n) is 4.07. The Morgan fingerprint density at radius 1 is 1.50 bits per heavy atom. The topological polar surface area (TPSA) is 99.9 Å². The zero-order valence-corrected chi connectivity index (χ0v) is 12.8. The number of hydrogen-bond donors (Lipinski definition) is 0. The number of fused-ring (bicyclic) bond motifs is 1. The van der Waals surface area contributed by atoms with Crippen LogP contribution in [0.15, 0.2) is 11.8 Å². The molecule has 0 aromatic carbocycles. The van der Waals surface area contributed by atoms with E-state index >= 15 is 0 Å². The van der Waals surface area contributed by atoms with Gasteiger partial charge in [0.15, 0.2) is 12.0 Å². The van der Waals surface area contributed by atoms with Crippen molar-refractivity contribution in [1.29, 1.82) is 5.26 Å². The lowest BCUT2D eigenvalue weighted by Gasteiger charge is -2.50. The lowest BCUT2D eigenvalue weighted by molar-refractivity contribution is -0.183. The molecule has 0 unspecified atom stereocenters. The molecule has 0 aromatic heterocycles. The second-order valence-electron chi connectivity index (χ2n) is 5.38. The number of carbonyl (C=O) groups excluding carboxylic acids is 3. The Labute approximate surface area is 127 Å². The van der Waals surface area contributed by atoms with Crippen molar-refractivity contribution in [3.63, 3.8) is 0 Å². The molecule has 118 valence electrons. The molecule has 8 nitrogen and oxygen atoms in total. The summed E-state index contributed by atoms with van der Waals surface area (Å²) in [6, 6.07) is 1.25. The summed E-state index contributed by atoms with van der Waals surface area (Å²) < 4.78 is 10.5. The SMILES string of the molecule is CCOC(=O)[C@@H]1C=C(C#N)O[C@@H]2N(C)C(=O)N(C)C(=O)[C@@]21C. The molecule has 0 radical (unpaired) electrons. The minimum absolute atomic E-state index is 0.113. The molecule has 0 aromatic rings. The number of nitrogens with zero attached hydrogens (tertiary/aromatic N) is 3. The fourth-order valence-electron chi connectivity index (χ4n) is 2.87. The van der Waals surface area contributed by atoms with Crippen LogP contribution in [-0.4, -0.2) is 54.6 Å². The first-order chi connectivity index (χ1) is 10.3. The van der Waals surface area contributed by atoms with Crippen LogP contribution in [0.5, 0.6) is 0 Å². The molecule has 0 bridgehead atoms. The number of esters is 1. The number of amides is 3. The summed E-state index contributed by atoms with van der Waals surface area (Å²) >= 11 is 0. The maximum Gasteiger partial charge on any atom is 0.329 e. The highest BCUT2D eigenvalue weighted by Gasteiger charge is 2.62. The maximum absolute atomic E-state index is 12.6. The molecule has 3 amide bonds. The maximum atomic E-state index is 12.6. The summed E-state index contributed by atoms with van der Waals surface area (Å²) in [5, 5.41) is 9.07. The van der Waals surface area contributed by atoms with E-state index in [4.69, 9.17) is 14.7 Å². The Balaban J connectivity index is 2.57. The average molecular weight is 307 g/mol. The van der Waals surface area contributed by atoms with E-state index in [2.05, 4.69) is 0 Å². The van der Waals surface area contributed by atoms with Gasteiger partial charge in [0.05, 0.1) is 12.5 Å². The molecule has 8 heteroatoms. The van der Waals surface area contributed by atoms with Gasteiger partial charge in [0.1, 0.15) is 11.5 Å². The second-order valence-corrected chi connectivity index (χ2v) is 5.38. The Morgan fingerprint density at radius 2 is 2.14 bits per heavy atom. The summed E-state index contributed by atoms with van der Waals surface area (Å²) in [6.07, 6.45) is 0.238. The number of imide groups is 1. The molecule has 0 N–H and O–H groups in total. The fraction of sp³-hybridized carbons (Fsp3) is 0.571. The smallest absolute Gasteiger partial charge is 0.329 e. The first kappa shape index (κ1) is 15.8. The van der Waals surface area contributed by atoms with Crippen molar-refractivity contribution in [2.45, 2.75) is 20.1 Å². The van der Waals surface area contributed by atoms with Crippen LogP contribution >= 0.6 is 0 Å². The zero-order chi connectivity index (χ0) is 16.7. The minimum atomic E-state index is -1.36. The predicted octanol–water partition coefficient (Wildman–Crippen LogP) is 0.460. The van der Waals surface area contributed by atoms with Crippen molar-refractivity contribution in [3.05, 3.63) is 11.8 Å². The number of carbonyl (C=O) groups is 3. The molecule has 2 rings (SSSR count). The van der Waals surface area contributed by atoms with Gasteiger partial charge >= 0.3 is 12.0 Å². The van der Waals surface area contributed by atoms with E-state index in [1.165, 1.54) is 32.0 Å². The highest BCUT2D eigenvalue weighted by molar-refractivity contribution is 6.02. The number of hydrogen-bond acceptors (Lipinski definition) is 6. The summed E-state index contributed by atoms with van der Waals surface area (Å²) in [6.45, 7) is 3.33. The lowest BCUT2D eigenvalue weighted by Crippen LogP contribution is -2.68. The molecule has 0 aliphatic carbocycles. The average Bonchev–Trinajstić information content (AvgIpc) is 2.51. The van der Waals surface area contributed by atoms with Crippen molar-refractivity contribution in [2.75, 3.05) is 20.7 Å². The lowest BCUT2D eigenvalue weighted by atomic mass is 9.71. The molecule has 1 saturated heterocycles. The van der Waals surface area contributed by atoms with Crippen molar-refractivity contribution in [3.8, 4) is 6.07 Å². The first-order valence-electron chi connectivity index (χ1n) is 6.79. The van der Waals surface area contributed by atoms with Crippen molar-refractivity contribution < 1.29 is 23.9 Å². The van der Waals surface area contributed by atoms with Crippen molar-refractivity contribution in [2.24, 2.45) is 11.3 Å². The third-order valence-corrected chi connectivity index (χ3v) is 4.07. The highest BCUT2D eigenvalue weighted by Crippen LogP contribution is 2.45. The number of ether oxygens (including phenoxy) is 2. The fourth-order valence-corrected chi connectivity index (χ4v) is 2.87. The monoisotopic (exact) mass is 307 g/mol. The van der Waals surface area contributed by atoms with E-state index in [0.717, 1.165) is 4.90 Å². The van der Waals surface area contributed by atoms with Crippen LogP contribution in [0.3, 0.4) is 0 Å². The first-order valence-corrected chi connectivity index (χ1v) is 6.79. The van der Waals surface area contributed by atoms with Crippen LogP contribution in [0.25, 0.3) is 0 Å². The molecule has 2 aliphatic rings. The summed E-state index contributed by atoms with van der Waals surface area (Å²) in [5.74, 6) is -2.30. The van der Waals surface area contributed by atoms with Gasteiger partial charge in [0.2, 0.25) is 5.91 Å². The van der Waals surface area contributed by atoms with Gasteiger partial charge in [0.25, 0.3) is 0 Å². The van der Waals surface area contributed by atoms with Gasteiger partial charge in [-0.3, -0.25) is 19.4 Å². The van der Waals surface area contributed by atoms with Crippen molar-refractivity contribution in [1.82, 2.24) is 9.80 Å². The summed E-state index contributed by atoms with van der Waals surface area (Å²) in [4.78, 5) is 39.1. The van der Waals surface area contributed by atoms with E-state index in [1.807, 2.05) is 6.07 Å². The number of urea groups is 1. The van der Waals surface area contributed by atoms with Crippen LogP contribution in [0.1, 0.15) is 13.8 Å². The molecule has 22 heavy (non-hydrogen) atoms. The largest absolute Gasteiger partial charge is 0.466 e.